The third-order valence-corrected chi connectivity index (χ3v) is 3.95. The van der Waals surface area contributed by atoms with Gasteiger partial charge in [-0.2, -0.15) is 0 Å². The maximum atomic E-state index is 12.3. The van der Waals surface area contributed by atoms with Crippen LogP contribution in [0.1, 0.15) is 12.0 Å². The van der Waals surface area contributed by atoms with Gasteiger partial charge in [0.1, 0.15) is 0 Å². The number of nitrogens with two attached hydrogens (primary N) is 1. The Morgan fingerprint density at radius 3 is 2.50 bits per heavy atom. The summed E-state index contributed by atoms with van der Waals surface area (Å²) in [6.07, 6.45) is -0.158. The zero-order valence-electron chi connectivity index (χ0n) is 14.1. The first-order chi connectivity index (χ1) is 12.4. The summed E-state index contributed by atoms with van der Waals surface area (Å²) in [5.74, 6) is -1.55. The number of carbonyl (C=O) groups is 3. The Balaban J connectivity index is 1.87. The van der Waals surface area contributed by atoms with Crippen molar-refractivity contribution in [2.45, 2.75) is 6.42 Å². The number of oxime groups is 1. The van der Waals surface area contributed by atoms with E-state index in [9.17, 15) is 14.4 Å². The zero-order chi connectivity index (χ0) is 19.1. The third kappa shape index (κ3) is 5.10. The van der Waals surface area contributed by atoms with E-state index in [0.717, 1.165) is 5.69 Å². The number of carboxylic acid groups (broad SMARTS) is 1. The van der Waals surface area contributed by atoms with Crippen LogP contribution in [0.5, 0.6) is 0 Å². The Labute approximate surface area is 149 Å². The Bertz CT molecular complexity index is 703. The molecule has 1 heterocycles. The van der Waals surface area contributed by atoms with Crippen LogP contribution < -0.4 is 16.0 Å². The quantitative estimate of drug-likeness (QED) is 0.210. The van der Waals surface area contributed by atoms with Crippen molar-refractivity contribution in [1.29, 1.82) is 0 Å². The highest BCUT2D eigenvalue weighted by Gasteiger charge is 2.25. The van der Waals surface area contributed by atoms with Crippen LogP contribution in [0.25, 0.3) is 0 Å². The van der Waals surface area contributed by atoms with Gasteiger partial charge in [0.05, 0.1) is 19.5 Å². The number of amidine groups is 1. The molecule has 10 nitrogen and oxygen atoms in total. The number of nitrogens with zero attached hydrogens (tertiary/aromatic N) is 3. The predicted octanol–water partition coefficient (Wildman–Crippen LogP) is -0.979. The minimum absolute atomic E-state index is 0.00589. The van der Waals surface area contributed by atoms with E-state index < -0.39 is 5.97 Å². The molecule has 0 aliphatic carbocycles. The van der Waals surface area contributed by atoms with E-state index >= 15 is 0 Å². The number of hydrogen-bond donors (Lipinski definition) is 4. The second-order valence-electron chi connectivity index (χ2n) is 5.76. The van der Waals surface area contributed by atoms with E-state index in [1.807, 2.05) is 4.90 Å². The molecule has 10 heteroatoms. The predicted molar refractivity (Wildman–Crippen MR) is 93.0 cm³/mol. The molecule has 1 aromatic rings. The summed E-state index contributed by atoms with van der Waals surface area (Å²) in [7, 11) is 0. The second-order valence-corrected chi connectivity index (χ2v) is 5.76. The van der Waals surface area contributed by atoms with Crippen molar-refractivity contribution in [3.63, 3.8) is 0 Å². The molecule has 1 aromatic carbocycles. The topological polar surface area (TPSA) is 149 Å². The number of carboxylic acids is 1. The van der Waals surface area contributed by atoms with E-state index in [4.69, 9.17) is 16.0 Å². The van der Waals surface area contributed by atoms with Crippen LogP contribution in [0.4, 0.5) is 5.69 Å². The summed E-state index contributed by atoms with van der Waals surface area (Å²) in [5.41, 5.74) is 6.90. The summed E-state index contributed by atoms with van der Waals surface area (Å²) in [6.45, 7) is 1.01. The zero-order valence-corrected chi connectivity index (χ0v) is 14.1. The van der Waals surface area contributed by atoms with Crippen molar-refractivity contribution >= 4 is 29.3 Å². The van der Waals surface area contributed by atoms with E-state index in [0.29, 0.717) is 18.7 Å². The van der Waals surface area contributed by atoms with Gasteiger partial charge in [0.2, 0.25) is 11.8 Å². The standard InChI is InChI=1S/C16H21N5O5/c17-16(19-26)11-1-3-12(4-2-11)20-7-8-21(14(23)10-20)9-13(22)18-6-5-15(24)25/h1-4,26H,5-10H2,(H2,17,19)(H,18,22)(H,24,25). The molecule has 0 saturated carbocycles. The Morgan fingerprint density at radius 1 is 1.23 bits per heavy atom. The summed E-state index contributed by atoms with van der Waals surface area (Å²) >= 11 is 0. The molecule has 0 atom stereocenters. The van der Waals surface area contributed by atoms with Crippen molar-refractivity contribution in [2.75, 3.05) is 37.6 Å². The van der Waals surface area contributed by atoms with E-state index in [1.54, 1.807) is 24.3 Å². The first kappa shape index (κ1) is 19.0. The summed E-state index contributed by atoms with van der Waals surface area (Å²) in [6, 6.07) is 6.93. The number of nitrogens with one attached hydrogen (secondary N) is 1. The highest BCUT2D eigenvalue weighted by atomic mass is 16.4. The van der Waals surface area contributed by atoms with Crippen LogP contribution >= 0.6 is 0 Å². The molecule has 0 bridgehead atoms. The number of hydrogen-bond acceptors (Lipinski definition) is 6. The van der Waals surface area contributed by atoms with Crippen molar-refractivity contribution in [3.8, 4) is 0 Å². The molecule has 0 radical (unpaired) electrons. The van der Waals surface area contributed by atoms with Gasteiger partial charge >= 0.3 is 5.97 Å². The lowest BCUT2D eigenvalue weighted by molar-refractivity contribution is -0.138. The van der Waals surface area contributed by atoms with Crippen molar-refractivity contribution < 1.29 is 24.7 Å². The molecule has 0 aromatic heterocycles. The van der Waals surface area contributed by atoms with Crippen molar-refractivity contribution in [2.24, 2.45) is 10.9 Å². The van der Waals surface area contributed by atoms with Crippen LogP contribution in [0.2, 0.25) is 0 Å². The highest BCUT2D eigenvalue weighted by molar-refractivity contribution is 5.97. The van der Waals surface area contributed by atoms with Gasteiger partial charge in [0.15, 0.2) is 5.84 Å². The second kappa shape index (κ2) is 8.70. The van der Waals surface area contributed by atoms with Gasteiger partial charge in [-0.15, -0.1) is 0 Å². The average Bonchev–Trinajstić information content (AvgIpc) is 2.62. The molecule has 1 fully saturated rings. The van der Waals surface area contributed by atoms with Gasteiger partial charge in [0, 0.05) is 30.9 Å². The number of piperazine rings is 1. The lowest BCUT2D eigenvalue weighted by atomic mass is 10.1. The maximum Gasteiger partial charge on any atom is 0.305 e. The summed E-state index contributed by atoms with van der Waals surface area (Å²) in [5, 5.41) is 22.6. The molecule has 0 spiro atoms. The Morgan fingerprint density at radius 2 is 1.92 bits per heavy atom. The molecule has 2 amide bonds. The SMILES string of the molecule is NC(=NO)c1ccc(N2CCN(CC(=O)NCCC(=O)O)C(=O)C2)cc1. The molecule has 1 aliphatic heterocycles. The van der Waals surface area contributed by atoms with Gasteiger partial charge in [-0.05, 0) is 24.3 Å². The molecular weight excluding hydrogens is 342 g/mol. The molecule has 0 unspecified atom stereocenters. The van der Waals surface area contributed by atoms with Crippen LogP contribution in [0.15, 0.2) is 29.4 Å². The van der Waals surface area contributed by atoms with Crippen molar-refractivity contribution in [1.82, 2.24) is 10.2 Å². The minimum atomic E-state index is -0.993. The molecule has 26 heavy (non-hydrogen) atoms. The third-order valence-electron chi connectivity index (χ3n) is 3.95. The fourth-order valence-electron chi connectivity index (χ4n) is 2.53. The van der Waals surface area contributed by atoms with Gasteiger partial charge in [-0.25, -0.2) is 0 Å². The smallest absolute Gasteiger partial charge is 0.305 e. The lowest BCUT2D eigenvalue weighted by Crippen LogP contribution is -2.53. The fraction of sp³-hybridized carbons (Fsp3) is 0.375. The summed E-state index contributed by atoms with van der Waals surface area (Å²) in [4.78, 5) is 37.8. The van der Waals surface area contributed by atoms with Crippen LogP contribution in [0.3, 0.4) is 0 Å². The molecule has 1 aliphatic rings. The van der Waals surface area contributed by atoms with E-state index in [2.05, 4.69) is 10.5 Å². The average molecular weight is 363 g/mol. The number of amides is 2. The fourth-order valence-corrected chi connectivity index (χ4v) is 2.53. The van der Waals surface area contributed by atoms with Crippen molar-refractivity contribution in [3.05, 3.63) is 29.8 Å². The lowest BCUT2D eigenvalue weighted by Gasteiger charge is -2.35. The monoisotopic (exact) mass is 363 g/mol. The molecule has 1 saturated heterocycles. The molecule has 2 rings (SSSR count). The van der Waals surface area contributed by atoms with Gasteiger partial charge in [-0.3, -0.25) is 14.4 Å². The first-order valence-corrected chi connectivity index (χ1v) is 8.00. The number of aliphatic carboxylic acids is 1. The van der Waals surface area contributed by atoms with Gasteiger partial charge in [-0.1, -0.05) is 5.16 Å². The largest absolute Gasteiger partial charge is 0.481 e. The molecular formula is C16H21N5O5. The maximum absolute atomic E-state index is 12.3. The van der Waals surface area contributed by atoms with Crippen LogP contribution in [-0.2, 0) is 14.4 Å². The molecule has 140 valence electrons. The number of carbonyl (C=O) groups excluding carboxylic acids is 2. The first-order valence-electron chi connectivity index (χ1n) is 8.00. The summed E-state index contributed by atoms with van der Waals surface area (Å²) < 4.78 is 0. The normalized spacial score (nSPS) is 15.1. The van der Waals surface area contributed by atoms with E-state index in [1.165, 1.54) is 4.90 Å². The number of benzene rings is 1. The van der Waals surface area contributed by atoms with Gasteiger partial charge < -0.3 is 31.2 Å². The van der Waals surface area contributed by atoms with Crippen LogP contribution in [0, 0.1) is 0 Å². The van der Waals surface area contributed by atoms with Crippen LogP contribution in [-0.4, -0.2) is 71.6 Å². The van der Waals surface area contributed by atoms with E-state index in [-0.39, 0.29) is 43.7 Å². The number of rotatable bonds is 7. The minimum Gasteiger partial charge on any atom is -0.481 e. The number of anilines is 1. The molecule has 5 N–H and O–H groups in total. The van der Waals surface area contributed by atoms with Gasteiger partial charge in [0.25, 0.3) is 0 Å². The highest BCUT2D eigenvalue weighted by Crippen LogP contribution is 2.17. The Hall–Kier alpha value is -3.30. The Kier molecular flexibility index (Phi) is 6.36.